The van der Waals surface area contributed by atoms with Gasteiger partial charge in [0.1, 0.15) is 0 Å². The highest BCUT2D eigenvalue weighted by molar-refractivity contribution is 5.81. The van der Waals surface area contributed by atoms with E-state index >= 15 is 0 Å². The van der Waals surface area contributed by atoms with E-state index < -0.39 is 12.1 Å². The van der Waals surface area contributed by atoms with Gasteiger partial charge in [0.05, 0.1) is 0 Å². The SMILES string of the molecule is O=C(NCCC1=CCCC1)C(F)(F)F. The van der Waals surface area contributed by atoms with Crippen molar-refractivity contribution in [1.82, 2.24) is 5.32 Å². The van der Waals surface area contributed by atoms with Gasteiger partial charge in [-0.2, -0.15) is 13.2 Å². The number of nitrogens with one attached hydrogen (secondary N) is 1. The van der Waals surface area contributed by atoms with Crippen molar-refractivity contribution < 1.29 is 18.0 Å². The van der Waals surface area contributed by atoms with E-state index in [1.807, 2.05) is 11.4 Å². The van der Waals surface area contributed by atoms with E-state index in [0.29, 0.717) is 6.42 Å². The van der Waals surface area contributed by atoms with Crippen molar-refractivity contribution in [2.45, 2.75) is 31.9 Å². The van der Waals surface area contributed by atoms with E-state index in [-0.39, 0.29) is 6.54 Å². The lowest BCUT2D eigenvalue weighted by Crippen LogP contribution is -2.37. The van der Waals surface area contributed by atoms with E-state index in [9.17, 15) is 18.0 Å². The number of carbonyl (C=O) groups is 1. The highest BCUT2D eigenvalue weighted by Crippen LogP contribution is 2.20. The van der Waals surface area contributed by atoms with Crippen LogP contribution in [0.5, 0.6) is 0 Å². The molecule has 1 amide bonds. The molecule has 0 atom stereocenters. The summed E-state index contributed by atoms with van der Waals surface area (Å²) < 4.78 is 35.2. The molecule has 0 radical (unpaired) electrons. The topological polar surface area (TPSA) is 29.1 Å². The highest BCUT2D eigenvalue weighted by atomic mass is 19.4. The lowest BCUT2D eigenvalue weighted by atomic mass is 10.2. The molecule has 1 aliphatic carbocycles. The number of carbonyl (C=O) groups excluding carboxylic acids is 1. The van der Waals surface area contributed by atoms with Crippen LogP contribution in [-0.4, -0.2) is 18.6 Å². The molecule has 14 heavy (non-hydrogen) atoms. The van der Waals surface area contributed by atoms with Crippen LogP contribution < -0.4 is 5.32 Å². The van der Waals surface area contributed by atoms with Crippen LogP contribution in [0, 0.1) is 0 Å². The Bertz CT molecular complexity index is 245. The van der Waals surface area contributed by atoms with E-state index in [1.165, 1.54) is 0 Å². The smallest absolute Gasteiger partial charge is 0.348 e. The Morgan fingerprint density at radius 2 is 2.21 bits per heavy atom. The third-order valence-electron chi connectivity index (χ3n) is 2.12. The molecule has 80 valence electrons. The van der Waals surface area contributed by atoms with Crippen molar-refractivity contribution in [3.63, 3.8) is 0 Å². The van der Waals surface area contributed by atoms with Crippen LogP contribution in [0.2, 0.25) is 0 Å². The Morgan fingerprint density at radius 3 is 2.71 bits per heavy atom. The third kappa shape index (κ3) is 3.40. The van der Waals surface area contributed by atoms with Gasteiger partial charge < -0.3 is 5.32 Å². The Hall–Kier alpha value is -1.00. The predicted molar refractivity (Wildman–Crippen MR) is 45.6 cm³/mol. The summed E-state index contributed by atoms with van der Waals surface area (Å²) in [5, 5.41) is 1.84. The summed E-state index contributed by atoms with van der Waals surface area (Å²) in [6, 6.07) is 0. The molecular weight excluding hydrogens is 195 g/mol. The van der Waals surface area contributed by atoms with Crippen LogP contribution in [0.15, 0.2) is 11.6 Å². The van der Waals surface area contributed by atoms with Crippen molar-refractivity contribution in [1.29, 1.82) is 0 Å². The summed E-state index contributed by atoms with van der Waals surface area (Å²) >= 11 is 0. The van der Waals surface area contributed by atoms with Crippen molar-refractivity contribution >= 4 is 5.91 Å². The maximum Gasteiger partial charge on any atom is 0.471 e. The van der Waals surface area contributed by atoms with Crippen LogP contribution in [0.25, 0.3) is 0 Å². The van der Waals surface area contributed by atoms with Crippen LogP contribution >= 0.6 is 0 Å². The second kappa shape index (κ2) is 4.48. The molecule has 0 spiro atoms. The Balaban J connectivity index is 2.18. The number of halogens is 3. The minimum Gasteiger partial charge on any atom is -0.348 e. The molecule has 1 N–H and O–H groups in total. The van der Waals surface area contributed by atoms with Gasteiger partial charge in [0.15, 0.2) is 0 Å². The molecule has 5 heteroatoms. The van der Waals surface area contributed by atoms with Gasteiger partial charge in [-0.3, -0.25) is 4.79 Å². The summed E-state index contributed by atoms with van der Waals surface area (Å²) in [6.45, 7) is 0.0736. The normalized spacial score (nSPS) is 16.6. The maximum atomic E-state index is 11.7. The van der Waals surface area contributed by atoms with Gasteiger partial charge in [-0.15, -0.1) is 0 Å². The number of alkyl halides is 3. The average molecular weight is 207 g/mol. The first kappa shape index (κ1) is 11.1. The molecule has 0 fully saturated rings. The molecule has 0 saturated carbocycles. The van der Waals surface area contributed by atoms with Crippen LogP contribution in [0.4, 0.5) is 13.2 Å². The quantitative estimate of drug-likeness (QED) is 0.706. The Morgan fingerprint density at radius 1 is 1.50 bits per heavy atom. The first-order valence-electron chi connectivity index (χ1n) is 4.53. The molecule has 0 saturated heterocycles. The lowest BCUT2D eigenvalue weighted by Gasteiger charge is -2.07. The zero-order valence-corrected chi connectivity index (χ0v) is 7.66. The average Bonchev–Trinajstić information content (AvgIpc) is 2.55. The van der Waals surface area contributed by atoms with Gasteiger partial charge in [0, 0.05) is 6.54 Å². The molecule has 0 unspecified atom stereocenters. The van der Waals surface area contributed by atoms with Crippen LogP contribution in [0.1, 0.15) is 25.7 Å². The third-order valence-corrected chi connectivity index (χ3v) is 2.12. The standard InChI is InChI=1S/C9H12F3NO/c10-9(11,12)8(14)13-6-5-7-3-1-2-4-7/h3H,1-2,4-6H2,(H,13,14). The summed E-state index contributed by atoms with van der Waals surface area (Å²) in [6.07, 6.45) is 0.818. The van der Waals surface area contributed by atoms with E-state index in [2.05, 4.69) is 0 Å². The summed E-state index contributed by atoms with van der Waals surface area (Å²) in [7, 11) is 0. The molecule has 0 heterocycles. The number of hydrogen-bond donors (Lipinski definition) is 1. The molecule has 0 aromatic heterocycles. The molecule has 0 aromatic carbocycles. The second-order valence-electron chi connectivity index (χ2n) is 3.26. The molecule has 0 bridgehead atoms. The minimum atomic E-state index is -4.76. The van der Waals surface area contributed by atoms with Gasteiger partial charge in [0.2, 0.25) is 0 Å². The van der Waals surface area contributed by atoms with Crippen LogP contribution in [0.3, 0.4) is 0 Å². The van der Waals surface area contributed by atoms with Crippen molar-refractivity contribution in [3.05, 3.63) is 11.6 Å². The summed E-state index contributed by atoms with van der Waals surface area (Å²) in [5.41, 5.74) is 1.15. The molecule has 1 rings (SSSR count). The van der Waals surface area contributed by atoms with Crippen molar-refractivity contribution in [2.75, 3.05) is 6.54 Å². The highest BCUT2D eigenvalue weighted by Gasteiger charge is 2.38. The first-order valence-corrected chi connectivity index (χ1v) is 4.53. The Labute approximate surface area is 80.2 Å². The molecule has 1 aliphatic rings. The monoisotopic (exact) mass is 207 g/mol. The van der Waals surface area contributed by atoms with Gasteiger partial charge in [-0.25, -0.2) is 0 Å². The zero-order valence-electron chi connectivity index (χ0n) is 7.66. The second-order valence-corrected chi connectivity index (χ2v) is 3.26. The van der Waals surface area contributed by atoms with Crippen molar-refractivity contribution in [2.24, 2.45) is 0 Å². The van der Waals surface area contributed by atoms with Gasteiger partial charge in [-0.05, 0) is 25.7 Å². The van der Waals surface area contributed by atoms with Crippen LogP contribution in [-0.2, 0) is 4.79 Å². The number of allylic oxidation sites excluding steroid dienone is 1. The molecule has 0 aromatic rings. The Kier molecular flexibility index (Phi) is 3.55. The van der Waals surface area contributed by atoms with Gasteiger partial charge in [-0.1, -0.05) is 11.6 Å². The maximum absolute atomic E-state index is 11.7. The molecular formula is C9H12F3NO. The fourth-order valence-electron chi connectivity index (χ4n) is 1.40. The minimum absolute atomic E-state index is 0.0736. The number of hydrogen-bond acceptors (Lipinski definition) is 1. The van der Waals surface area contributed by atoms with E-state index in [0.717, 1.165) is 24.8 Å². The van der Waals surface area contributed by atoms with Gasteiger partial charge in [0.25, 0.3) is 0 Å². The number of rotatable bonds is 3. The molecule has 2 nitrogen and oxygen atoms in total. The zero-order chi connectivity index (χ0) is 10.6. The largest absolute Gasteiger partial charge is 0.471 e. The van der Waals surface area contributed by atoms with E-state index in [1.54, 1.807) is 0 Å². The fraction of sp³-hybridized carbons (Fsp3) is 0.667. The number of amides is 1. The fourth-order valence-corrected chi connectivity index (χ4v) is 1.40. The summed E-state index contributed by atoms with van der Waals surface area (Å²) in [4.78, 5) is 10.4. The lowest BCUT2D eigenvalue weighted by molar-refractivity contribution is -0.173. The van der Waals surface area contributed by atoms with E-state index in [4.69, 9.17) is 0 Å². The first-order chi connectivity index (χ1) is 6.50. The predicted octanol–water partition coefficient (Wildman–Crippen LogP) is 2.17. The molecule has 0 aliphatic heterocycles. The van der Waals surface area contributed by atoms with Gasteiger partial charge >= 0.3 is 12.1 Å². The van der Waals surface area contributed by atoms with Crippen molar-refractivity contribution in [3.8, 4) is 0 Å². The summed E-state index contributed by atoms with van der Waals surface area (Å²) in [5.74, 6) is -1.85.